The van der Waals surface area contributed by atoms with E-state index in [1.807, 2.05) is 0 Å². The van der Waals surface area contributed by atoms with Crippen LogP contribution >= 0.6 is 23.5 Å². The largest absolute Gasteiger partial charge is 0.323 e. The number of hydrogen-bond donors (Lipinski definition) is 1. The quantitative estimate of drug-likeness (QED) is 0.502. The van der Waals surface area contributed by atoms with Crippen LogP contribution < -0.4 is 4.72 Å². The number of benzene rings is 1. The molecule has 4 nitrogen and oxygen atoms in total. The molecule has 0 saturated carbocycles. The second-order valence-corrected chi connectivity index (χ2v) is 5.03. The number of rotatable bonds is 3. The van der Waals surface area contributed by atoms with Gasteiger partial charge in [-0.15, -0.1) is 0 Å². The van der Waals surface area contributed by atoms with Gasteiger partial charge in [0.25, 0.3) is 5.69 Å². The van der Waals surface area contributed by atoms with Gasteiger partial charge in [-0.25, -0.2) is 0 Å². The number of anilines is 1. The van der Waals surface area contributed by atoms with Gasteiger partial charge in [-0.3, -0.25) is 10.1 Å². The van der Waals surface area contributed by atoms with Crippen molar-refractivity contribution < 1.29 is 4.92 Å². The Morgan fingerprint density at radius 1 is 1.62 bits per heavy atom. The molecular weight excluding hydrogens is 248 g/mol. The van der Waals surface area contributed by atoms with Gasteiger partial charge in [0.05, 0.1) is 10.2 Å². The number of nitrogens with zero attached hydrogens (tertiary/aromatic N) is 1. The zero-order valence-corrected chi connectivity index (χ0v) is 10.3. The molecule has 0 amide bonds. The van der Waals surface area contributed by atoms with E-state index < -0.39 is 0 Å². The predicted molar refractivity (Wildman–Crippen MR) is 67.0 cm³/mol. The van der Waals surface area contributed by atoms with Crippen LogP contribution in [0.25, 0.3) is 0 Å². The fraction of sp³-hybridized carbons (Fsp3) is 0.400. The van der Waals surface area contributed by atoms with Crippen LogP contribution in [0.1, 0.15) is 30.6 Å². The highest BCUT2D eigenvalue weighted by atomic mass is 35.5. The molecule has 0 radical (unpaired) electrons. The highest BCUT2D eigenvalue weighted by Gasteiger charge is 2.31. The molecule has 0 fully saturated rings. The monoisotopic (exact) mass is 258 g/mol. The van der Waals surface area contributed by atoms with E-state index in [2.05, 4.69) is 11.6 Å². The van der Waals surface area contributed by atoms with Gasteiger partial charge < -0.3 is 4.72 Å². The first-order valence-electron chi connectivity index (χ1n) is 5.03. The first kappa shape index (κ1) is 11.5. The maximum atomic E-state index is 10.8. The zero-order valence-electron chi connectivity index (χ0n) is 8.70. The Balaban J connectivity index is 2.49. The van der Waals surface area contributed by atoms with Crippen molar-refractivity contribution >= 4 is 34.9 Å². The Bertz CT molecular complexity index is 439. The van der Waals surface area contributed by atoms with E-state index >= 15 is 0 Å². The molecule has 1 aliphatic rings. The maximum Gasteiger partial charge on any atom is 0.293 e. The van der Waals surface area contributed by atoms with Gasteiger partial charge in [0.2, 0.25) is 0 Å². The van der Waals surface area contributed by atoms with Crippen molar-refractivity contribution in [2.24, 2.45) is 0 Å². The fourth-order valence-electron chi connectivity index (χ4n) is 1.81. The molecule has 0 aromatic heterocycles. The van der Waals surface area contributed by atoms with Crippen molar-refractivity contribution in [3.8, 4) is 0 Å². The van der Waals surface area contributed by atoms with Crippen LogP contribution in [0.3, 0.4) is 0 Å². The second kappa shape index (κ2) is 4.51. The van der Waals surface area contributed by atoms with Gasteiger partial charge in [-0.1, -0.05) is 24.9 Å². The van der Waals surface area contributed by atoms with Crippen LogP contribution in [0.5, 0.6) is 0 Å². The van der Waals surface area contributed by atoms with Crippen molar-refractivity contribution in [3.05, 3.63) is 32.8 Å². The summed E-state index contributed by atoms with van der Waals surface area (Å²) in [5, 5.41) is 11.7. The SMILES string of the molecule is CCCC1SNc2c([N+](=O)[O-])ccc(Cl)c21. The summed E-state index contributed by atoms with van der Waals surface area (Å²) in [4.78, 5) is 10.5. The van der Waals surface area contributed by atoms with Crippen LogP contribution in [0, 0.1) is 10.1 Å². The molecule has 0 aliphatic carbocycles. The van der Waals surface area contributed by atoms with Crippen LogP contribution in [-0.2, 0) is 0 Å². The molecule has 2 rings (SSSR count). The Kier molecular flexibility index (Phi) is 3.25. The third-order valence-electron chi connectivity index (χ3n) is 2.54. The summed E-state index contributed by atoms with van der Waals surface area (Å²) in [7, 11) is 0. The average molecular weight is 259 g/mol. The Morgan fingerprint density at radius 3 is 3.00 bits per heavy atom. The minimum absolute atomic E-state index is 0.102. The molecule has 0 bridgehead atoms. The number of nitrogens with one attached hydrogen (secondary N) is 1. The zero-order chi connectivity index (χ0) is 11.7. The molecule has 1 N–H and O–H groups in total. The van der Waals surface area contributed by atoms with E-state index in [4.69, 9.17) is 11.6 Å². The molecule has 1 atom stereocenters. The summed E-state index contributed by atoms with van der Waals surface area (Å²) in [5.74, 6) is 0. The predicted octanol–water partition coefficient (Wildman–Crippen LogP) is 4.16. The van der Waals surface area contributed by atoms with Crippen molar-refractivity contribution in [2.75, 3.05) is 4.72 Å². The van der Waals surface area contributed by atoms with E-state index in [-0.39, 0.29) is 15.9 Å². The highest BCUT2D eigenvalue weighted by molar-refractivity contribution is 8.01. The third-order valence-corrected chi connectivity index (χ3v) is 3.95. The van der Waals surface area contributed by atoms with E-state index in [9.17, 15) is 10.1 Å². The van der Waals surface area contributed by atoms with Crippen molar-refractivity contribution in [1.29, 1.82) is 0 Å². The smallest absolute Gasteiger partial charge is 0.293 e. The minimum atomic E-state index is -0.378. The summed E-state index contributed by atoms with van der Waals surface area (Å²) in [6.45, 7) is 2.09. The lowest BCUT2D eigenvalue weighted by molar-refractivity contribution is -0.383. The highest BCUT2D eigenvalue weighted by Crippen LogP contribution is 2.51. The van der Waals surface area contributed by atoms with Gasteiger partial charge in [-0.2, -0.15) is 0 Å². The molecule has 0 spiro atoms. The van der Waals surface area contributed by atoms with Gasteiger partial charge in [0, 0.05) is 16.7 Å². The molecule has 16 heavy (non-hydrogen) atoms. The third kappa shape index (κ3) is 1.85. The lowest BCUT2D eigenvalue weighted by Gasteiger charge is -2.08. The molecule has 86 valence electrons. The van der Waals surface area contributed by atoms with Crippen LogP contribution in [-0.4, -0.2) is 4.92 Å². The molecule has 1 aromatic rings. The summed E-state index contributed by atoms with van der Waals surface area (Å²) >= 11 is 7.60. The number of fused-ring (bicyclic) bond motifs is 1. The average Bonchev–Trinajstić information content (AvgIpc) is 2.63. The molecule has 0 saturated heterocycles. The Labute approximate surface area is 103 Å². The van der Waals surface area contributed by atoms with E-state index in [0.717, 1.165) is 18.4 Å². The fourth-order valence-corrected chi connectivity index (χ4v) is 3.36. The van der Waals surface area contributed by atoms with E-state index in [0.29, 0.717) is 10.7 Å². The Hall–Kier alpha value is -0.940. The van der Waals surface area contributed by atoms with Gasteiger partial charge in [-0.05, 0) is 24.4 Å². The molecule has 1 aromatic carbocycles. The Morgan fingerprint density at radius 2 is 2.38 bits per heavy atom. The van der Waals surface area contributed by atoms with Crippen LogP contribution in [0.15, 0.2) is 12.1 Å². The van der Waals surface area contributed by atoms with Crippen molar-refractivity contribution in [2.45, 2.75) is 25.0 Å². The van der Waals surface area contributed by atoms with E-state index in [1.165, 1.54) is 18.0 Å². The number of nitro groups is 1. The second-order valence-electron chi connectivity index (χ2n) is 3.61. The maximum absolute atomic E-state index is 10.8. The summed E-state index contributed by atoms with van der Waals surface area (Å²) in [5.41, 5.74) is 1.55. The molecular formula is C10H11ClN2O2S. The van der Waals surface area contributed by atoms with Gasteiger partial charge >= 0.3 is 0 Å². The van der Waals surface area contributed by atoms with E-state index in [1.54, 1.807) is 6.07 Å². The molecule has 1 aliphatic heterocycles. The topological polar surface area (TPSA) is 55.2 Å². The van der Waals surface area contributed by atoms with Crippen molar-refractivity contribution in [1.82, 2.24) is 0 Å². The van der Waals surface area contributed by atoms with Crippen LogP contribution in [0.4, 0.5) is 11.4 Å². The number of halogens is 1. The first-order valence-corrected chi connectivity index (χ1v) is 6.29. The molecule has 6 heteroatoms. The van der Waals surface area contributed by atoms with Crippen molar-refractivity contribution in [3.63, 3.8) is 0 Å². The standard InChI is InChI=1S/C10H11ClN2O2S/c1-2-3-8-9-6(11)4-5-7(13(14)15)10(9)12-16-8/h4-5,8,12H,2-3H2,1H3. The van der Waals surface area contributed by atoms with Gasteiger partial charge in [0.1, 0.15) is 5.69 Å². The number of nitro benzene ring substituents is 1. The lowest BCUT2D eigenvalue weighted by Crippen LogP contribution is -1.94. The normalized spacial score (nSPS) is 18.0. The number of hydrogen-bond acceptors (Lipinski definition) is 4. The van der Waals surface area contributed by atoms with Gasteiger partial charge in [0.15, 0.2) is 0 Å². The minimum Gasteiger partial charge on any atom is -0.323 e. The molecule has 1 unspecified atom stereocenters. The summed E-state index contributed by atoms with van der Waals surface area (Å²) < 4.78 is 3.02. The molecule has 1 heterocycles. The van der Waals surface area contributed by atoms with Crippen LogP contribution in [0.2, 0.25) is 5.02 Å². The summed E-state index contributed by atoms with van der Waals surface area (Å²) in [6, 6.07) is 3.05. The first-order chi connectivity index (χ1) is 7.65. The lowest BCUT2D eigenvalue weighted by atomic mass is 10.0. The summed E-state index contributed by atoms with van der Waals surface area (Å²) in [6.07, 6.45) is 1.99.